The Hall–Kier alpha value is -1.78. The second-order valence-electron chi connectivity index (χ2n) is 4.19. The van der Waals surface area contributed by atoms with Crippen LogP contribution in [0.15, 0.2) is 41.4 Å². The average molecular weight is 284 g/mol. The standard InChI is InChI=1S/C14H19FN2O.CH3F/c1-3-5-12(2)16-17(10-4-11-18)14-8-6-13(15)7-9-14;1-2/h4,6-8,10-11,14H,3,5,9H2,1-2H3;1H3/b10-4-,16-12+;. The summed E-state index contributed by atoms with van der Waals surface area (Å²) in [4.78, 5) is 10.4. The molecule has 0 saturated carbocycles. The van der Waals surface area contributed by atoms with E-state index in [1.807, 2.05) is 6.92 Å². The van der Waals surface area contributed by atoms with Crippen molar-refractivity contribution in [2.75, 3.05) is 7.18 Å². The molecule has 5 heteroatoms. The lowest BCUT2D eigenvalue weighted by molar-refractivity contribution is -0.104. The van der Waals surface area contributed by atoms with Gasteiger partial charge in [-0.1, -0.05) is 19.4 Å². The number of alkyl halides is 1. The van der Waals surface area contributed by atoms with Gasteiger partial charge in [0.15, 0.2) is 0 Å². The molecule has 0 aliphatic heterocycles. The van der Waals surface area contributed by atoms with E-state index in [1.54, 1.807) is 17.3 Å². The minimum atomic E-state index is -0.222. The number of aldehydes is 1. The maximum absolute atomic E-state index is 12.9. The lowest BCUT2D eigenvalue weighted by Gasteiger charge is -2.24. The molecule has 3 nitrogen and oxygen atoms in total. The van der Waals surface area contributed by atoms with Gasteiger partial charge < -0.3 is 0 Å². The van der Waals surface area contributed by atoms with E-state index in [4.69, 9.17) is 0 Å². The van der Waals surface area contributed by atoms with Gasteiger partial charge in [0.05, 0.1) is 13.2 Å². The number of halogens is 2. The number of carbonyl (C=O) groups excluding carboxylic acids is 1. The third-order valence-corrected chi connectivity index (χ3v) is 2.59. The van der Waals surface area contributed by atoms with Gasteiger partial charge >= 0.3 is 0 Å². The lowest BCUT2D eigenvalue weighted by atomic mass is 10.1. The highest BCUT2D eigenvalue weighted by Gasteiger charge is 2.14. The highest BCUT2D eigenvalue weighted by molar-refractivity contribution is 5.81. The summed E-state index contributed by atoms with van der Waals surface area (Å²) in [6.07, 6.45) is 10.9. The van der Waals surface area contributed by atoms with Crippen LogP contribution in [0.1, 0.15) is 33.1 Å². The van der Waals surface area contributed by atoms with Gasteiger partial charge in [0.25, 0.3) is 0 Å². The van der Waals surface area contributed by atoms with Gasteiger partial charge in [-0.25, -0.2) is 4.39 Å². The molecule has 1 aliphatic carbocycles. The maximum atomic E-state index is 12.9. The zero-order chi connectivity index (χ0) is 15.4. The molecule has 0 aromatic heterocycles. The molecular weight excluding hydrogens is 262 g/mol. The second kappa shape index (κ2) is 11.1. The first kappa shape index (κ1) is 18.2. The van der Waals surface area contributed by atoms with Crippen LogP contribution in [0.4, 0.5) is 8.78 Å². The average Bonchev–Trinajstić information content (AvgIpc) is 2.47. The number of allylic oxidation sites excluding steroid dienone is 3. The van der Waals surface area contributed by atoms with Crippen LogP contribution in [-0.4, -0.2) is 30.2 Å². The monoisotopic (exact) mass is 284 g/mol. The summed E-state index contributed by atoms with van der Waals surface area (Å²) in [7, 11) is 0.500. The first-order valence-electron chi connectivity index (χ1n) is 6.53. The number of hydrogen-bond donors (Lipinski definition) is 0. The van der Waals surface area contributed by atoms with Gasteiger partial charge in [-0.2, -0.15) is 5.10 Å². The van der Waals surface area contributed by atoms with Gasteiger partial charge in [0.1, 0.15) is 12.1 Å². The molecular formula is C15H22F2N2O. The van der Waals surface area contributed by atoms with Crippen molar-refractivity contribution in [2.24, 2.45) is 5.10 Å². The largest absolute Gasteiger partial charge is 0.299 e. The quantitative estimate of drug-likeness (QED) is 0.320. The molecule has 1 aliphatic rings. The van der Waals surface area contributed by atoms with E-state index < -0.39 is 0 Å². The SMILES string of the molecule is CCC/C(C)=N/N(/C=C\C=O)C1C=CC(F)=CC1.CF. The normalized spacial score (nSPS) is 18.4. The Morgan fingerprint density at radius 2 is 2.25 bits per heavy atom. The molecule has 0 N–H and O–H groups in total. The van der Waals surface area contributed by atoms with Crippen LogP contribution in [0, 0.1) is 0 Å². The Morgan fingerprint density at radius 3 is 2.75 bits per heavy atom. The molecule has 20 heavy (non-hydrogen) atoms. The molecule has 1 rings (SSSR count). The number of hydrazone groups is 1. The van der Waals surface area contributed by atoms with Gasteiger partial charge in [0.2, 0.25) is 0 Å². The van der Waals surface area contributed by atoms with Crippen molar-refractivity contribution >= 4 is 12.0 Å². The third kappa shape index (κ3) is 6.97. The number of nitrogens with zero attached hydrogens (tertiary/aromatic N) is 2. The zero-order valence-corrected chi connectivity index (χ0v) is 12.2. The molecule has 1 unspecified atom stereocenters. The lowest BCUT2D eigenvalue weighted by Crippen LogP contribution is -2.26. The first-order valence-corrected chi connectivity index (χ1v) is 6.53. The first-order chi connectivity index (χ1) is 9.67. The van der Waals surface area contributed by atoms with Crippen molar-refractivity contribution in [3.63, 3.8) is 0 Å². The van der Waals surface area contributed by atoms with Crippen LogP contribution in [0.3, 0.4) is 0 Å². The second-order valence-corrected chi connectivity index (χ2v) is 4.19. The van der Waals surface area contributed by atoms with Crippen LogP contribution in [0.2, 0.25) is 0 Å². The van der Waals surface area contributed by atoms with E-state index in [9.17, 15) is 13.6 Å². The van der Waals surface area contributed by atoms with E-state index in [2.05, 4.69) is 12.0 Å². The molecule has 0 bridgehead atoms. The van der Waals surface area contributed by atoms with Crippen molar-refractivity contribution in [3.8, 4) is 0 Å². The summed E-state index contributed by atoms with van der Waals surface area (Å²) >= 11 is 0. The van der Waals surface area contributed by atoms with E-state index in [1.165, 1.54) is 18.2 Å². The fraction of sp³-hybridized carbons (Fsp3) is 0.467. The van der Waals surface area contributed by atoms with E-state index >= 15 is 0 Å². The Kier molecular flexibility index (Phi) is 10.1. The Balaban J connectivity index is 0.00000172. The van der Waals surface area contributed by atoms with Crippen LogP contribution in [0.5, 0.6) is 0 Å². The van der Waals surface area contributed by atoms with Gasteiger partial charge in [-0.05, 0) is 38.0 Å². The van der Waals surface area contributed by atoms with E-state index in [0.717, 1.165) is 18.6 Å². The van der Waals surface area contributed by atoms with Crippen molar-refractivity contribution in [1.82, 2.24) is 5.01 Å². The third-order valence-electron chi connectivity index (χ3n) is 2.59. The summed E-state index contributed by atoms with van der Waals surface area (Å²) in [6, 6.07) is -0.0347. The summed E-state index contributed by atoms with van der Waals surface area (Å²) < 4.78 is 22.4. The van der Waals surface area contributed by atoms with E-state index in [-0.39, 0.29) is 11.9 Å². The maximum Gasteiger partial charge on any atom is 0.144 e. The summed E-state index contributed by atoms with van der Waals surface area (Å²) in [5, 5.41) is 6.16. The fourth-order valence-electron chi connectivity index (χ4n) is 1.73. The molecule has 0 amide bonds. The van der Waals surface area contributed by atoms with Crippen LogP contribution >= 0.6 is 0 Å². The molecule has 0 radical (unpaired) electrons. The van der Waals surface area contributed by atoms with Crippen molar-refractivity contribution in [2.45, 2.75) is 39.2 Å². The molecule has 0 heterocycles. The Morgan fingerprint density at radius 1 is 1.55 bits per heavy atom. The minimum absolute atomic E-state index is 0.0347. The highest BCUT2D eigenvalue weighted by atomic mass is 19.1. The highest BCUT2D eigenvalue weighted by Crippen LogP contribution is 2.17. The molecule has 112 valence electrons. The molecule has 0 aromatic carbocycles. The Bertz CT molecular complexity index is 401. The Labute approximate surface area is 119 Å². The van der Waals surface area contributed by atoms with Crippen molar-refractivity contribution in [3.05, 3.63) is 36.3 Å². The smallest absolute Gasteiger partial charge is 0.144 e. The predicted molar refractivity (Wildman–Crippen MR) is 78.8 cm³/mol. The molecule has 0 spiro atoms. The molecule has 0 saturated heterocycles. The topological polar surface area (TPSA) is 32.7 Å². The van der Waals surface area contributed by atoms with Crippen LogP contribution in [-0.2, 0) is 4.79 Å². The molecule has 0 fully saturated rings. The van der Waals surface area contributed by atoms with Crippen LogP contribution in [0.25, 0.3) is 0 Å². The number of rotatable bonds is 6. The number of hydrogen-bond acceptors (Lipinski definition) is 3. The van der Waals surface area contributed by atoms with Crippen molar-refractivity contribution in [1.29, 1.82) is 0 Å². The summed E-state index contributed by atoms with van der Waals surface area (Å²) in [5.74, 6) is -0.222. The summed E-state index contributed by atoms with van der Waals surface area (Å²) in [5.41, 5.74) is 0.997. The van der Waals surface area contributed by atoms with Gasteiger partial charge in [-0.15, -0.1) is 0 Å². The van der Waals surface area contributed by atoms with Gasteiger partial charge in [-0.3, -0.25) is 14.2 Å². The van der Waals surface area contributed by atoms with Crippen LogP contribution < -0.4 is 0 Å². The predicted octanol–water partition coefficient (Wildman–Crippen LogP) is 3.94. The zero-order valence-electron chi connectivity index (χ0n) is 12.2. The van der Waals surface area contributed by atoms with Gasteiger partial charge in [0, 0.05) is 11.9 Å². The van der Waals surface area contributed by atoms with E-state index in [0.29, 0.717) is 19.9 Å². The van der Waals surface area contributed by atoms with Crippen molar-refractivity contribution < 1.29 is 13.6 Å². The number of carbonyl (C=O) groups is 1. The molecule has 0 aromatic rings. The minimum Gasteiger partial charge on any atom is -0.299 e. The summed E-state index contributed by atoms with van der Waals surface area (Å²) in [6.45, 7) is 4.04. The molecule has 1 atom stereocenters. The fourth-order valence-corrected chi connectivity index (χ4v) is 1.73.